The predicted molar refractivity (Wildman–Crippen MR) is 134 cm³/mol. The highest BCUT2D eigenvalue weighted by molar-refractivity contribution is 6.33. The minimum atomic E-state index is 0.0835. The summed E-state index contributed by atoms with van der Waals surface area (Å²) >= 11 is 6.38. The number of aryl methyl sites for hydroxylation is 1. The number of hydrogen-bond acceptors (Lipinski definition) is 2. The van der Waals surface area contributed by atoms with E-state index in [0.29, 0.717) is 18.0 Å². The molecular formula is C27H34ClN3O. The van der Waals surface area contributed by atoms with Gasteiger partial charge in [0.25, 0.3) is 0 Å². The lowest BCUT2D eigenvalue weighted by atomic mass is 10.1. The van der Waals surface area contributed by atoms with E-state index >= 15 is 0 Å². The molecule has 4 nitrogen and oxygen atoms in total. The molecule has 0 radical (unpaired) electrons. The van der Waals surface area contributed by atoms with E-state index in [1.807, 2.05) is 35.2 Å². The van der Waals surface area contributed by atoms with Gasteiger partial charge in [-0.15, -0.1) is 0 Å². The van der Waals surface area contributed by atoms with Crippen molar-refractivity contribution in [2.24, 2.45) is 0 Å². The zero-order valence-corrected chi connectivity index (χ0v) is 19.9. The van der Waals surface area contributed by atoms with Gasteiger partial charge in [0, 0.05) is 25.4 Å². The quantitative estimate of drug-likeness (QED) is 0.286. The van der Waals surface area contributed by atoms with Gasteiger partial charge in [0.1, 0.15) is 5.82 Å². The van der Waals surface area contributed by atoms with E-state index in [2.05, 4.69) is 29.7 Å². The normalized spacial score (nSPS) is 16.4. The number of anilines is 1. The van der Waals surface area contributed by atoms with Crippen LogP contribution in [0.1, 0.15) is 76.5 Å². The number of hydrogen-bond donors (Lipinski definition) is 0. The smallest absolute Gasteiger partial charge is 0.227 e. The predicted octanol–water partition coefficient (Wildman–Crippen LogP) is 7.35. The van der Waals surface area contributed by atoms with Crippen LogP contribution in [0.5, 0.6) is 0 Å². The van der Waals surface area contributed by atoms with Crippen LogP contribution in [0.2, 0.25) is 5.02 Å². The van der Waals surface area contributed by atoms with Gasteiger partial charge >= 0.3 is 0 Å². The fourth-order valence-electron chi connectivity index (χ4n) is 4.83. The van der Waals surface area contributed by atoms with Gasteiger partial charge in [0.2, 0.25) is 5.91 Å². The first-order valence-electron chi connectivity index (χ1n) is 12.2. The Balaban J connectivity index is 1.46. The summed E-state index contributed by atoms with van der Waals surface area (Å²) < 4.78 is 2.36. The molecule has 0 bridgehead atoms. The van der Waals surface area contributed by atoms with Crippen molar-refractivity contribution < 1.29 is 4.79 Å². The standard InChI is InChI=1S/C27H34ClN3O/c1-2-3-4-5-6-7-8-13-18-30-25-17-12-10-15-23(25)29-27(30)21-19-26(32)31(20-21)24-16-11-9-14-22(24)28/h9-12,14-17,21H,2-8,13,18-20H2,1H3. The Morgan fingerprint density at radius 3 is 2.41 bits per heavy atom. The fourth-order valence-corrected chi connectivity index (χ4v) is 5.07. The number of imidazole rings is 1. The lowest BCUT2D eigenvalue weighted by molar-refractivity contribution is -0.117. The number of benzene rings is 2. The summed E-state index contributed by atoms with van der Waals surface area (Å²) in [6, 6.07) is 15.9. The Morgan fingerprint density at radius 1 is 0.938 bits per heavy atom. The molecule has 0 saturated carbocycles. The molecule has 170 valence electrons. The third kappa shape index (κ3) is 5.17. The molecular weight excluding hydrogens is 418 g/mol. The van der Waals surface area contributed by atoms with Gasteiger partial charge in [-0.2, -0.15) is 0 Å². The van der Waals surface area contributed by atoms with E-state index in [9.17, 15) is 4.79 Å². The maximum Gasteiger partial charge on any atom is 0.227 e. The highest BCUT2D eigenvalue weighted by Gasteiger charge is 2.35. The van der Waals surface area contributed by atoms with E-state index in [4.69, 9.17) is 16.6 Å². The summed E-state index contributed by atoms with van der Waals surface area (Å²) in [5, 5.41) is 0.619. The largest absolute Gasteiger partial charge is 0.328 e. The third-order valence-electron chi connectivity index (χ3n) is 6.55. The van der Waals surface area contributed by atoms with E-state index in [1.54, 1.807) is 0 Å². The van der Waals surface area contributed by atoms with Crippen molar-refractivity contribution in [3.63, 3.8) is 0 Å². The first-order valence-corrected chi connectivity index (χ1v) is 12.6. The molecule has 2 heterocycles. The molecule has 1 aromatic heterocycles. The van der Waals surface area contributed by atoms with Gasteiger partial charge in [0.05, 0.1) is 21.7 Å². The lowest BCUT2D eigenvalue weighted by Gasteiger charge is -2.18. The Kier molecular flexibility index (Phi) is 7.85. The van der Waals surface area contributed by atoms with Crippen LogP contribution in [0, 0.1) is 0 Å². The molecule has 1 fully saturated rings. The molecule has 1 unspecified atom stereocenters. The molecule has 0 aliphatic carbocycles. The number of fused-ring (bicyclic) bond motifs is 1. The average molecular weight is 452 g/mol. The number of nitrogens with zero attached hydrogens (tertiary/aromatic N) is 3. The number of halogens is 1. The molecule has 1 aliphatic rings. The van der Waals surface area contributed by atoms with E-state index < -0.39 is 0 Å². The van der Waals surface area contributed by atoms with Crippen LogP contribution in [-0.2, 0) is 11.3 Å². The zero-order valence-electron chi connectivity index (χ0n) is 19.1. The monoisotopic (exact) mass is 451 g/mol. The molecule has 1 amide bonds. The molecule has 0 N–H and O–H groups in total. The molecule has 5 heteroatoms. The van der Waals surface area contributed by atoms with E-state index in [-0.39, 0.29) is 11.8 Å². The topological polar surface area (TPSA) is 38.1 Å². The second kappa shape index (κ2) is 11.0. The van der Waals surface area contributed by atoms with Gasteiger partial charge in [-0.1, -0.05) is 87.7 Å². The Labute approximate surface area is 196 Å². The molecule has 2 aromatic carbocycles. The van der Waals surface area contributed by atoms with Crippen LogP contribution < -0.4 is 4.90 Å². The van der Waals surface area contributed by atoms with Crippen LogP contribution in [-0.4, -0.2) is 22.0 Å². The van der Waals surface area contributed by atoms with Crippen LogP contribution >= 0.6 is 11.6 Å². The van der Waals surface area contributed by atoms with Crippen LogP contribution in [0.15, 0.2) is 48.5 Å². The molecule has 1 aliphatic heterocycles. The Hall–Kier alpha value is -2.33. The highest BCUT2D eigenvalue weighted by Crippen LogP contribution is 2.36. The van der Waals surface area contributed by atoms with Crippen molar-refractivity contribution in [1.82, 2.24) is 9.55 Å². The minimum absolute atomic E-state index is 0.0835. The first kappa shape index (κ1) is 22.8. The van der Waals surface area contributed by atoms with Crippen molar-refractivity contribution in [3.8, 4) is 0 Å². The number of unbranched alkanes of at least 4 members (excludes halogenated alkanes) is 7. The number of carbonyl (C=O) groups is 1. The van der Waals surface area contributed by atoms with Gasteiger partial charge in [-0.25, -0.2) is 4.98 Å². The summed E-state index contributed by atoms with van der Waals surface area (Å²) in [7, 11) is 0. The van der Waals surface area contributed by atoms with Gasteiger partial charge < -0.3 is 9.47 Å². The maximum atomic E-state index is 12.9. The number of aromatic nitrogens is 2. The van der Waals surface area contributed by atoms with Crippen LogP contribution in [0.4, 0.5) is 5.69 Å². The number of rotatable bonds is 11. The fraction of sp³-hybridized carbons (Fsp3) is 0.481. The summed E-state index contributed by atoms with van der Waals surface area (Å²) in [5.41, 5.74) is 2.99. The maximum absolute atomic E-state index is 12.9. The average Bonchev–Trinajstić information content (AvgIpc) is 3.36. The van der Waals surface area contributed by atoms with Crippen LogP contribution in [0.3, 0.4) is 0 Å². The van der Waals surface area contributed by atoms with Crippen molar-refractivity contribution in [2.75, 3.05) is 11.4 Å². The molecule has 1 saturated heterocycles. The number of para-hydroxylation sites is 3. The minimum Gasteiger partial charge on any atom is -0.328 e. The Morgan fingerprint density at radius 2 is 1.62 bits per heavy atom. The molecule has 32 heavy (non-hydrogen) atoms. The zero-order chi connectivity index (χ0) is 22.3. The SMILES string of the molecule is CCCCCCCCCCn1c(C2CC(=O)N(c3ccccc3Cl)C2)nc2ccccc21. The lowest BCUT2D eigenvalue weighted by Crippen LogP contribution is -2.24. The summed E-state index contributed by atoms with van der Waals surface area (Å²) in [6.45, 7) is 3.85. The summed E-state index contributed by atoms with van der Waals surface area (Å²) in [4.78, 5) is 19.7. The van der Waals surface area contributed by atoms with Gasteiger partial charge in [0.15, 0.2) is 0 Å². The van der Waals surface area contributed by atoms with Gasteiger partial charge in [-0.05, 0) is 30.7 Å². The Bertz CT molecular complexity index is 1040. The molecule has 4 rings (SSSR count). The second-order valence-electron chi connectivity index (χ2n) is 8.94. The number of carbonyl (C=O) groups excluding carboxylic acids is 1. The molecule has 1 atom stereocenters. The van der Waals surface area contributed by atoms with E-state index in [1.165, 1.54) is 50.5 Å². The highest BCUT2D eigenvalue weighted by atomic mass is 35.5. The first-order chi connectivity index (χ1) is 15.7. The number of amides is 1. The van der Waals surface area contributed by atoms with Crippen molar-refractivity contribution >= 4 is 34.2 Å². The van der Waals surface area contributed by atoms with E-state index in [0.717, 1.165) is 30.0 Å². The summed E-state index contributed by atoms with van der Waals surface area (Å²) in [6.07, 6.45) is 10.9. The van der Waals surface area contributed by atoms with Crippen molar-refractivity contribution in [3.05, 3.63) is 59.4 Å². The molecule has 3 aromatic rings. The van der Waals surface area contributed by atoms with Gasteiger partial charge in [-0.3, -0.25) is 4.79 Å². The summed E-state index contributed by atoms with van der Waals surface area (Å²) in [5.74, 6) is 1.24. The van der Waals surface area contributed by atoms with Crippen molar-refractivity contribution in [2.45, 2.75) is 77.2 Å². The molecule has 0 spiro atoms. The van der Waals surface area contributed by atoms with Crippen LogP contribution in [0.25, 0.3) is 11.0 Å². The second-order valence-corrected chi connectivity index (χ2v) is 9.35. The third-order valence-corrected chi connectivity index (χ3v) is 6.87. The van der Waals surface area contributed by atoms with Crippen molar-refractivity contribution in [1.29, 1.82) is 0 Å².